The van der Waals surface area contributed by atoms with Crippen molar-refractivity contribution >= 4 is 23.2 Å². The molecule has 1 atom stereocenters. The highest BCUT2D eigenvalue weighted by molar-refractivity contribution is 5.90. The summed E-state index contributed by atoms with van der Waals surface area (Å²) in [6.07, 6.45) is -0.536. The maximum absolute atomic E-state index is 11.9. The van der Waals surface area contributed by atoms with Crippen LogP contribution in [0, 0.1) is 6.92 Å². The van der Waals surface area contributed by atoms with E-state index < -0.39 is 6.09 Å². The lowest BCUT2D eigenvalue weighted by atomic mass is 10.1. The van der Waals surface area contributed by atoms with Crippen LogP contribution in [0.1, 0.15) is 31.3 Å². The minimum absolute atomic E-state index is 0.0911. The molecule has 1 amide bonds. The van der Waals surface area contributed by atoms with Crippen molar-refractivity contribution in [2.24, 2.45) is 0 Å². The van der Waals surface area contributed by atoms with Crippen molar-refractivity contribution in [3.05, 3.63) is 47.8 Å². The standard InChI is InChI=1S/C18H22N6O2/c1-5-26-18(25)19-15-11-16(22-24-13(3)20-21-17(15)24)23(4)12(2)14-9-7-6-8-10-14/h6-12H,5H2,1-4H3,(H,19,25)/t12-/m0/s1. The van der Waals surface area contributed by atoms with Gasteiger partial charge in [-0.2, -0.15) is 4.52 Å². The van der Waals surface area contributed by atoms with Crippen LogP contribution in [0.3, 0.4) is 0 Å². The van der Waals surface area contributed by atoms with E-state index >= 15 is 0 Å². The molecule has 0 radical (unpaired) electrons. The van der Waals surface area contributed by atoms with Gasteiger partial charge < -0.3 is 9.64 Å². The second-order valence-electron chi connectivity index (χ2n) is 5.94. The van der Waals surface area contributed by atoms with Crippen molar-refractivity contribution in [2.45, 2.75) is 26.8 Å². The minimum Gasteiger partial charge on any atom is -0.450 e. The monoisotopic (exact) mass is 354 g/mol. The molecule has 1 aromatic carbocycles. The van der Waals surface area contributed by atoms with Gasteiger partial charge in [0.1, 0.15) is 0 Å². The van der Waals surface area contributed by atoms with Crippen LogP contribution >= 0.6 is 0 Å². The van der Waals surface area contributed by atoms with Gasteiger partial charge in [0.05, 0.1) is 18.3 Å². The average molecular weight is 354 g/mol. The van der Waals surface area contributed by atoms with Crippen molar-refractivity contribution < 1.29 is 9.53 Å². The van der Waals surface area contributed by atoms with Gasteiger partial charge in [0.15, 0.2) is 11.6 Å². The van der Waals surface area contributed by atoms with Crippen LogP contribution in [0.5, 0.6) is 0 Å². The van der Waals surface area contributed by atoms with Gasteiger partial charge in [-0.15, -0.1) is 15.3 Å². The van der Waals surface area contributed by atoms with E-state index in [-0.39, 0.29) is 12.6 Å². The number of carbonyl (C=O) groups excluding carboxylic acids is 1. The summed E-state index contributed by atoms with van der Waals surface area (Å²) in [4.78, 5) is 13.9. The molecule has 3 rings (SSSR count). The highest BCUT2D eigenvalue weighted by Gasteiger charge is 2.19. The topological polar surface area (TPSA) is 84.7 Å². The molecule has 0 aliphatic heterocycles. The van der Waals surface area contributed by atoms with E-state index in [0.29, 0.717) is 23.0 Å². The number of benzene rings is 1. The number of rotatable bonds is 5. The fraction of sp³-hybridized carbons (Fsp3) is 0.333. The Morgan fingerprint density at radius 2 is 2.04 bits per heavy atom. The lowest BCUT2D eigenvalue weighted by Gasteiger charge is -2.26. The summed E-state index contributed by atoms with van der Waals surface area (Å²) in [6.45, 7) is 5.95. The third-order valence-electron chi connectivity index (χ3n) is 4.25. The molecule has 8 nitrogen and oxygen atoms in total. The number of aryl methyl sites for hydroxylation is 1. The van der Waals surface area contributed by atoms with Crippen molar-refractivity contribution in [2.75, 3.05) is 23.9 Å². The van der Waals surface area contributed by atoms with Crippen LogP contribution < -0.4 is 10.2 Å². The van der Waals surface area contributed by atoms with Crippen LogP contribution in [0.4, 0.5) is 16.3 Å². The average Bonchev–Trinajstić information content (AvgIpc) is 3.03. The van der Waals surface area contributed by atoms with Gasteiger partial charge in [-0.05, 0) is 26.3 Å². The number of nitrogens with zero attached hydrogens (tertiary/aromatic N) is 5. The summed E-state index contributed by atoms with van der Waals surface area (Å²) >= 11 is 0. The number of ether oxygens (including phenoxy) is 1. The van der Waals surface area contributed by atoms with Gasteiger partial charge in [0, 0.05) is 13.1 Å². The Hall–Kier alpha value is -3.16. The Morgan fingerprint density at radius 3 is 2.73 bits per heavy atom. The number of fused-ring (bicyclic) bond motifs is 1. The second-order valence-corrected chi connectivity index (χ2v) is 5.94. The van der Waals surface area contributed by atoms with Crippen molar-refractivity contribution in [3.63, 3.8) is 0 Å². The second kappa shape index (κ2) is 7.38. The molecule has 0 saturated carbocycles. The number of amides is 1. The molecular formula is C18H22N6O2. The molecule has 0 aliphatic rings. The molecule has 0 fully saturated rings. The van der Waals surface area contributed by atoms with Gasteiger partial charge in [0.25, 0.3) is 0 Å². The van der Waals surface area contributed by atoms with Crippen LogP contribution in [-0.2, 0) is 4.74 Å². The molecule has 3 aromatic rings. The highest BCUT2D eigenvalue weighted by Crippen LogP contribution is 2.27. The molecule has 2 heterocycles. The molecule has 0 unspecified atom stereocenters. The zero-order valence-corrected chi connectivity index (χ0v) is 15.3. The Kier molecular flexibility index (Phi) is 5.01. The number of hydrogen-bond donors (Lipinski definition) is 1. The van der Waals surface area contributed by atoms with E-state index in [9.17, 15) is 4.79 Å². The molecule has 8 heteroatoms. The third-order valence-corrected chi connectivity index (χ3v) is 4.25. The smallest absolute Gasteiger partial charge is 0.411 e. The summed E-state index contributed by atoms with van der Waals surface area (Å²) in [5.74, 6) is 1.32. The first-order chi connectivity index (χ1) is 12.5. The van der Waals surface area contributed by atoms with Gasteiger partial charge in [-0.3, -0.25) is 5.32 Å². The Labute approximate surface area is 151 Å². The van der Waals surface area contributed by atoms with Crippen LogP contribution in [0.25, 0.3) is 5.65 Å². The molecule has 2 aromatic heterocycles. The normalized spacial score (nSPS) is 12.0. The number of anilines is 2. The van der Waals surface area contributed by atoms with Crippen LogP contribution in [0.2, 0.25) is 0 Å². The van der Waals surface area contributed by atoms with Gasteiger partial charge in [-0.1, -0.05) is 30.3 Å². The summed E-state index contributed by atoms with van der Waals surface area (Å²) in [7, 11) is 1.96. The van der Waals surface area contributed by atoms with Crippen LogP contribution in [-0.4, -0.2) is 39.6 Å². The summed E-state index contributed by atoms with van der Waals surface area (Å²) in [5.41, 5.74) is 2.14. The van der Waals surface area contributed by atoms with E-state index in [1.54, 1.807) is 17.5 Å². The van der Waals surface area contributed by atoms with E-state index in [1.807, 2.05) is 37.1 Å². The molecular weight excluding hydrogens is 332 g/mol. The predicted octanol–water partition coefficient (Wildman–Crippen LogP) is 3.20. The summed E-state index contributed by atoms with van der Waals surface area (Å²) in [6, 6.07) is 12.0. The number of carbonyl (C=O) groups is 1. The molecule has 0 bridgehead atoms. The first kappa shape index (κ1) is 17.7. The molecule has 0 aliphatic carbocycles. The number of nitrogens with one attached hydrogen (secondary N) is 1. The Balaban J connectivity index is 2.00. The van der Waals surface area contributed by atoms with E-state index in [1.165, 1.54) is 0 Å². The SMILES string of the molecule is CCOC(=O)Nc1cc(N(C)[C@@H](C)c2ccccc2)nn2c(C)nnc12. The van der Waals surface area contributed by atoms with E-state index in [4.69, 9.17) is 4.74 Å². The first-order valence-electron chi connectivity index (χ1n) is 8.46. The summed E-state index contributed by atoms with van der Waals surface area (Å²) in [5, 5.41) is 15.5. The van der Waals surface area contributed by atoms with Crippen molar-refractivity contribution in [1.82, 2.24) is 19.8 Å². The van der Waals surface area contributed by atoms with Gasteiger partial charge in [0.2, 0.25) is 5.65 Å². The maximum atomic E-state index is 11.9. The number of aromatic nitrogens is 4. The molecule has 136 valence electrons. The lowest BCUT2D eigenvalue weighted by molar-refractivity contribution is 0.168. The van der Waals surface area contributed by atoms with E-state index in [0.717, 1.165) is 5.56 Å². The van der Waals surface area contributed by atoms with E-state index in [2.05, 4.69) is 39.7 Å². The fourth-order valence-corrected chi connectivity index (χ4v) is 2.67. The maximum Gasteiger partial charge on any atom is 0.411 e. The first-order valence-corrected chi connectivity index (χ1v) is 8.46. The fourth-order valence-electron chi connectivity index (χ4n) is 2.67. The lowest BCUT2D eigenvalue weighted by Crippen LogP contribution is -2.24. The zero-order chi connectivity index (χ0) is 18.7. The van der Waals surface area contributed by atoms with Gasteiger partial charge in [-0.25, -0.2) is 4.79 Å². The Bertz CT molecular complexity index is 909. The highest BCUT2D eigenvalue weighted by atomic mass is 16.5. The molecule has 0 saturated heterocycles. The third kappa shape index (κ3) is 3.44. The quantitative estimate of drug-likeness (QED) is 0.757. The molecule has 0 spiro atoms. The molecule has 1 N–H and O–H groups in total. The Morgan fingerprint density at radius 1 is 1.31 bits per heavy atom. The number of hydrogen-bond acceptors (Lipinski definition) is 6. The largest absolute Gasteiger partial charge is 0.450 e. The minimum atomic E-state index is -0.536. The van der Waals surface area contributed by atoms with Crippen LogP contribution in [0.15, 0.2) is 36.4 Å². The van der Waals surface area contributed by atoms with Crippen molar-refractivity contribution in [1.29, 1.82) is 0 Å². The van der Waals surface area contributed by atoms with Gasteiger partial charge >= 0.3 is 6.09 Å². The molecule has 26 heavy (non-hydrogen) atoms. The van der Waals surface area contributed by atoms with Crippen molar-refractivity contribution in [3.8, 4) is 0 Å². The predicted molar refractivity (Wildman–Crippen MR) is 99.4 cm³/mol. The zero-order valence-electron chi connectivity index (χ0n) is 15.3. The summed E-state index contributed by atoms with van der Waals surface area (Å²) < 4.78 is 6.59.